The van der Waals surface area contributed by atoms with Crippen LogP contribution >= 0.6 is 11.8 Å². The molecule has 3 aliphatic rings. The number of allylic oxidation sites excluding steroid dienone is 3. The van der Waals surface area contributed by atoms with Crippen LogP contribution in [-0.4, -0.2) is 45.9 Å². The van der Waals surface area contributed by atoms with Crippen molar-refractivity contribution in [3.63, 3.8) is 0 Å². The Morgan fingerprint density at radius 2 is 2.30 bits per heavy atom. The van der Waals surface area contributed by atoms with Crippen LogP contribution in [0.1, 0.15) is 12.2 Å². The number of ether oxygens (including phenoxy) is 1. The molecular weight excluding hydrogens is 316 g/mol. The van der Waals surface area contributed by atoms with E-state index >= 15 is 0 Å². The number of H-pyrrole nitrogens is 1. The number of nitrogens with zero attached hydrogens (tertiary/aromatic N) is 4. The van der Waals surface area contributed by atoms with E-state index < -0.39 is 5.41 Å². The van der Waals surface area contributed by atoms with Gasteiger partial charge in [-0.1, -0.05) is 17.8 Å². The number of hydrogen-bond donors (Lipinski definition) is 2. The largest absolute Gasteiger partial charge is 0.499 e. The standard InChI is InChI=1S/C14H16N6O2S/c1-21-8-4-5-9-14(6-3-7-20(22-2)12(8)14)11(15)10(23-9)13-16-18-19-17-13/h3-5,7,12H,6,15H2,1-2H3,(H,16,17,18,19). The van der Waals surface area contributed by atoms with Gasteiger partial charge in [0.15, 0.2) is 0 Å². The molecule has 0 bridgehead atoms. The molecule has 0 saturated heterocycles. The maximum absolute atomic E-state index is 6.60. The second-order valence-corrected chi connectivity index (χ2v) is 6.44. The van der Waals surface area contributed by atoms with Crippen LogP contribution < -0.4 is 5.73 Å². The summed E-state index contributed by atoms with van der Waals surface area (Å²) in [6, 6.07) is -0.167. The minimum absolute atomic E-state index is 0.167. The van der Waals surface area contributed by atoms with Crippen LogP contribution in [0.5, 0.6) is 0 Å². The maximum atomic E-state index is 6.60. The molecule has 2 atom stereocenters. The topological polar surface area (TPSA) is 102 Å². The molecule has 4 rings (SSSR count). The van der Waals surface area contributed by atoms with Crippen molar-refractivity contribution in [1.82, 2.24) is 25.7 Å². The molecule has 0 radical (unpaired) electrons. The molecule has 23 heavy (non-hydrogen) atoms. The predicted octanol–water partition coefficient (Wildman–Crippen LogP) is 1.14. The zero-order valence-electron chi connectivity index (χ0n) is 12.7. The van der Waals surface area contributed by atoms with Gasteiger partial charge in [0.25, 0.3) is 0 Å². The fraction of sp³-hybridized carbons (Fsp3) is 0.357. The van der Waals surface area contributed by atoms with Crippen molar-refractivity contribution in [2.75, 3.05) is 14.2 Å². The number of tetrazole rings is 1. The fourth-order valence-electron chi connectivity index (χ4n) is 3.41. The van der Waals surface area contributed by atoms with E-state index in [9.17, 15) is 0 Å². The Kier molecular flexibility index (Phi) is 3.20. The molecule has 0 aromatic carbocycles. The Balaban J connectivity index is 1.90. The number of thioether (sulfide) groups is 1. The van der Waals surface area contributed by atoms with Gasteiger partial charge in [0.05, 0.1) is 24.5 Å². The van der Waals surface area contributed by atoms with Gasteiger partial charge in [-0.3, -0.25) is 9.90 Å². The minimum atomic E-state index is -0.439. The van der Waals surface area contributed by atoms with Crippen molar-refractivity contribution >= 4 is 16.7 Å². The number of hydrogen-bond acceptors (Lipinski definition) is 8. The Morgan fingerprint density at radius 3 is 3.00 bits per heavy atom. The molecule has 1 spiro atoms. The highest BCUT2D eigenvalue weighted by atomic mass is 32.2. The lowest BCUT2D eigenvalue weighted by molar-refractivity contribution is -0.145. The van der Waals surface area contributed by atoms with Crippen molar-refractivity contribution < 1.29 is 9.57 Å². The summed E-state index contributed by atoms with van der Waals surface area (Å²) in [6.45, 7) is 0. The van der Waals surface area contributed by atoms with E-state index in [-0.39, 0.29) is 6.04 Å². The monoisotopic (exact) mass is 332 g/mol. The summed E-state index contributed by atoms with van der Waals surface area (Å²) < 4.78 is 5.59. The molecule has 2 aliphatic heterocycles. The molecule has 0 amide bonds. The first-order valence-electron chi connectivity index (χ1n) is 7.09. The third-order valence-electron chi connectivity index (χ3n) is 4.45. The second kappa shape index (κ2) is 5.14. The SMILES string of the molecule is COC1=CC=C2SC(c3nn[nH]n3)=C(N)C23CC=CN(OC)C13. The smallest absolute Gasteiger partial charge is 0.213 e. The highest BCUT2D eigenvalue weighted by Gasteiger charge is 2.56. The Morgan fingerprint density at radius 1 is 1.43 bits per heavy atom. The van der Waals surface area contributed by atoms with Gasteiger partial charge >= 0.3 is 0 Å². The Labute approximate surface area is 137 Å². The molecule has 1 aromatic heterocycles. The van der Waals surface area contributed by atoms with E-state index in [4.69, 9.17) is 15.3 Å². The first kappa shape index (κ1) is 14.3. The predicted molar refractivity (Wildman–Crippen MR) is 84.9 cm³/mol. The molecule has 0 saturated carbocycles. The summed E-state index contributed by atoms with van der Waals surface area (Å²) in [7, 11) is 3.29. The summed E-state index contributed by atoms with van der Waals surface area (Å²) in [5, 5.41) is 16.0. The fourth-order valence-corrected chi connectivity index (χ4v) is 4.72. The summed E-state index contributed by atoms with van der Waals surface area (Å²) in [6.07, 6.45) is 8.73. The molecule has 9 heteroatoms. The van der Waals surface area contributed by atoms with Crippen LogP contribution in [0, 0.1) is 5.41 Å². The van der Waals surface area contributed by atoms with Gasteiger partial charge in [-0.25, -0.2) is 0 Å². The van der Waals surface area contributed by atoms with E-state index in [1.54, 1.807) is 31.0 Å². The normalized spacial score (nSPS) is 29.1. The molecule has 0 fully saturated rings. The van der Waals surface area contributed by atoms with E-state index in [1.165, 1.54) is 0 Å². The van der Waals surface area contributed by atoms with Gasteiger partial charge in [0, 0.05) is 16.8 Å². The lowest BCUT2D eigenvalue weighted by Crippen LogP contribution is -2.52. The Bertz CT molecular complexity index is 753. The van der Waals surface area contributed by atoms with Crippen LogP contribution in [-0.2, 0) is 9.57 Å². The molecule has 2 unspecified atom stereocenters. The third kappa shape index (κ3) is 1.80. The summed E-state index contributed by atoms with van der Waals surface area (Å²) in [5.41, 5.74) is 6.88. The lowest BCUT2D eigenvalue weighted by atomic mass is 9.69. The van der Waals surface area contributed by atoms with Crippen molar-refractivity contribution in [1.29, 1.82) is 0 Å². The average molecular weight is 332 g/mol. The van der Waals surface area contributed by atoms with Crippen LogP contribution in [0.4, 0.5) is 0 Å². The molecule has 3 heterocycles. The van der Waals surface area contributed by atoms with E-state index in [2.05, 4.69) is 26.7 Å². The van der Waals surface area contributed by atoms with Crippen molar-refractivity contribution in [2.24, 2.45) is 11.1 Å². The number of methoxy groups -OCH3 is 1. The first-order chi connectivity index (χ1) is 11.2. The average Bonchev–Trinajstić information content (AvgIpc) is 3.20. The number of nitrogens with one attached hydrogen (secondary N) is 1. The van der Waals surface area contributed by atoms with Crippen molar-refractivity contribution in [3.05, 3.63) is 46.6 Å². The van der Waals surface area contributed by atoms with Crippen molar-refractivity contribution in [2.45, 2.75) is 12.5 Å². The number of aromatic amines is 1. The highest BCUT2D eigenvalue weighted by molar-refractivity contribution is 8.12. The van der Waals surface area contributed by atoms with Crippen LogP contribution in [0.2, 0.25) is 0 Å². The summed E-state index contributed by atoms with van der Waals surface area (Å²) in [5.74, 6) is 1.31. The molecule has 8 nitrogen and oxygen atoms in total. The second-order valence-electron chi connectivity index (χ2n) is 5.39. The van der Waals surface area contributed by atoms with Gasteiger partial charge in [-0.15, -0.1) is 10.2 Å². The van der Waals surface area contributed by atoms with Crippen molar-refractivity contribution in [3.8, 4) is 0 Å². The van der Waals surface area contributed by atoms with Gasteiger partial charge in [0.2, 0.25) is 5.82 Å². The summed E-state index contributed by atoms with van der Waals surface area (Å²) >= 11 is 1.58. The molecule has 1 aromatic rings. The number of aromatic nitrogens is 4. The molecule has 1 aliphatic carbocycles. The lowest BCUT2D eigenvalue weighted by Gasteiger charge is -2.47. The molecule has 120 valence electrons. The zero-order chi connectivity index (χ0) is 16.0. The Hall–Kier alpha value is -2.26. The number of nitrogens with two attached hydrogens (primary N) is 1. The van der Waals surface area contributed by atoms with E-state index in [0.29, 0.717) is 11.5 Å². The van der Waals surface area contributed by atoms with Crippen LogP contribution in [0.15, 0.2) is 40.8 Å². The molecular formula is C14H16N6O2S. The van der Waals surface area contributed by atoms with Gasteiger partial charge in [-0.2, -0.15) is 5.21 Å². The molecule has 3 N–H and O–H groups in total. The van der Waals surface area contributed by atoms with E-state index in [1.807, 2.05) is 18.4 Å². The maximum Gasteiger partial charge on any atom is 0.213 e. The van der Waals surface area contributed by atoms with Crippen LogP contribution in [0.3, 0.4) is 0 Å². The van der Waals surface area contributed by atoms with Gasteiger partial charge in [-0.05, 0) is 23.8 Å². The third-order valence-corrected chi connectivity index (χ3v) is 5.78. The van der Waals surface area contributed by atoms with Gasteiger partial charge < -0.3 is 10.5 Å². The summed E-state index contributed by atoms with van der Waals surface area (Å²) in [4.78, 5) is 7.49. The zero-order valence-corrected chi connectivity index (χ0v) is 13.5. The van der Waals surface area contributed by atoms with E-state index in [0.717, 1.165) is 22.0 Å². The number of hydroxylamine groups is 2. The minimum Gasteiger partial charge on any atom is -0.499 e. The quantitative estimate of drug-likeness (QED) is 0.849. The highest BCUT2D eigenvalue weighted by Crippen LogP contribution is 2.62. The van der Waals surface area contributed by atoms with Gasteiger partial charge in [0.1, 0.15) is 11.8 Å². The number of rotatable bonds is 3. The first-order valence-corrected chi connectivity index (χ1v) is 7.91. The van der Waals surface area contributed by atoms with Crippen LogP contribution in [0.25, 0.3) is 4.91 Å².